The molecule has 0 amide bonds. The number of hydrogen-bond acceptors (Lipinski definition) is 1. The van der Waals surface area contributed by atoms with Gasteiger partial charge in [-0.2, -0.15) is 0 Å². The minimum absolute atomic E-state index is 0.174. The lowest BCUT2D eigenvalue weighted by atomic mass is 9.93. The Bertz CT molecular complexity index is 610. The predicted octanol–water partition coefficient (Wildman–Crippen LogP) is 4.71. The SMILES string of the molecule is CNC(Cc1cc(F)ccc1C)c1cccc(Br)c1C. The van der Waals surface area contributed by atoms with Crippen molar-refractivity contribution in [1.29, 1.82) is 0 Å². The molecule has 0 saturated heterocycles. The molecule has 1 N–H and O–H groups in total. The summed E-state index contributed by atoms with van der Waals surface area (Å²) < 4.78 is 14.5. The van der Waals surface area contributed by atoms with Gasteiger partial charge in [-0.15, -0.1) is 0 Å². The second-order valence-corrected chi connectivity index (χ2v) is 5.92. The van der Waals surface area contributed by atoms with E-state index >= 15 is 0 Å². The minimum atomic E-state index is -0.175. The van der Waals surface area contributed by atoms with Crippen LogP contribution in [0.3, 0.4) is 0 Å². The number of hydrogen-bond donors (Lipinski definition) is 1. The van der Waals surface area contributed by atoms with Crippen LogP contribution >= 0.6 is 15.9 Å². The quantitative estimate of drug-likeness (QED) is 0.853. The zero-order valence-electron chi connectivity index (χ0n) is 12.0. The van der Waals surface area contributed by atoms with Gasteiger partial charge < -0.3 is 5.32 Å². The molecule has 20 heavy (non-hydrogen) atoms. The summed E-state index contributed by atoms with van der Waals surface area (Å²) in [4.78, 5) is 0. The van der Waals surface area contributed by atoms with Crippen molar-refractivity contribution in [2.45, 2.75) is 26.3 Å². The van der Waals surface area contributed by atoms with Gasteiger partial charge in [0.05, 0.1) is 0 Å². The van der Waals surface area contributed by atoms with Crippen molar-refractivity contribution in [3.8, 4) is 0 Å². The molecule has 106 valence electrons. The molecule has 2 aromatic rings. The topological polar surface area (TPSA) is 12.0 Å². The summed E-state index contributed by atoms with van der Waals surface area (Å²) >= 11 is 3.57. The summed E-state index contributed by atoms with van der Waals surface area (Å²) in [5.41, 5.74) is 4.63. The van der Waals surface area contributed by atoms with Crippen LogP contribution < -0.4 is 5.32 Å². The van der Waals surface area contributed by atoms with E-state index in [1.54, 1.807) is 6.07 Å². The largest absolute Gasteiger partial charge is 0.313 e. The minimum Gasteiger partial charge on any atom is -0.313 e. The molecule has 0 aliphatic heterocycles. The highest BCUT2D eigenvalue weighted by Crippen LogP contribution is 2.27. The number of rotatable bonds is 4. The Morgan fingerprint density at radius 3 is 2.65 bits per heavy atom. The highest BCUT2D eigenvalue weighted by molar-refractivity contribution is 9.10. The molecule has 0 aliphatic carbocycles. The third-order valence-electron chi connectivity index (χ3n) is 3.77. The van der Waals surface area contributed by atoms with Crippen LogP contribution in [0.25, 0.3) is 0 Å². The van der Waals surface area contributed by atoms with E-state index < -0.39 is 0 Å². The first-order valence-electron chi connectivity index (χ1n) is 6.70. The van der Waals surface area contributed by atoms with Gasteiger partial charge in [-0.3, -0.25) is 0 Å². The maximum absolute atomic E-state index is 13.4. The highest BCUT2D eigenvalue weighted by atomic mass is 79.9. The molecule has 3 heteroatoms. The third-order valence-corrected chi connectivity index (χ3v) is 4.63. The number of benzene rings is 2. The normalized spacial score (nSPS) is 12.4. The molecule has 0 heterocycles. The molecule has 1 nitrogen and oxygen atoms in total. The Hall–Kier alpha value is -1.19. The molecule has 0 saturated carbocycles. The standard InChI is InChI=1S/C17H19BrFN/c1-11-7-8-14(19)9-13(11)10-17(20-3)15-5-4-6-16(18)12(15)2/h4-9,17,20H,10H2,1-3H3. The Balaban J connectivity index is 2.34. The Kier molecular flexibility index (Phi) is 4.95. The van der Waals surface area contributed by atoms with Crippen molar-refractivity contribution in [2.75, 3.05) is 7.05 Å². The molecule has 2 rings (SSSR count). The predicted molar refractivity (Wildman–Crippen MR) is 85.5 cm³/mol. The molecule has 1 atom stereocenters. The molecule has 1 unspecified atom stereocenters. The molecule has 0 aromatic heterocycles. The van der Waals surface area contributed by atoms with Gasteiger partial charge in [0, 0.05) is 10.5 Å². The van der Waals surface area contributed by atoms with E-state index in [4.69, 9.17) is 0 Å². The van der Waals surface area contributed by atoms with Gasteiger partial charge in [-0.05, 0) is 67.8 Å². The molecule has 0 aliphatic rings. The van der Waals surface area contributed by atoms with Crippen LogP contribution in [0.2, 0.25) is 0 Å². The number of nitrogens with one attached hydrogen (secondary N) is 1. The van der Waals surface area contributed by atoms with Gasteiger partial charge in [0.25, 0.3) is 0 Å². The molecule has 0 bridgehead atoms. The summed E-state index contributed by atoms with van der Waals surface area (Å²) in [6.45, 7) is 4.12. The van der Waals surface area contributed by atoms with Gasteiger partial charge in [0.2, 0.25) is 0 Å². The van der Waals surface area contributed by atoms with Gasteiger partial charge in [0.15, 0.2) is 0 Å². The molecule has 0 fully saturated rings. The lowest BCUT2D eigenvalue weighted by Crippen LogP contribution is -2.20. The van der Waals surface area contributed by atoms with Crippen LogP contribution in [-0.4, -0.2) is 7.05 Å². The van der Waals surface area contributed by atoms with E-state index in [1.807, 2.05) is 32.2 Å². The molecular weight excluding hydrogens is 317 g/mol. The summed E-state index contributed by atoms with van der Waals surface area (Å²) in [5, 5.41) is 3.34. The van der Waals surface area contributed by atoms with Gasteiger partial charge in [0.1, 0.15) is 5.82 Å². The van der Waals surface area contributed by atoms with E-state index in [9.17, 15) is 4.39 Å². The van der Waals surface area contributed by atoms with Crippen LogP contribution in [0.4, 0.5) is 4.39 Å². The summed E-state index contributed by atoms with van der Waals surface area (Å²) in [6.07, 6.45) is 0.775. The average Bonchev–Trinajstić information content (AvgIpc) is 2.43. The van der Waals surface area contributed by atoms with E-state index in [0.29, 0.717) is 0 Å². The van der Waals surface area contributed by atoms with Crippen molar-refractivity contribution >= 4 is 15.9 Å². The summed E-state index contributed by atoms with van der Waals surface area (Å²) in [5.74, 6) is -0.175. The first kappa shape index (κ1) is 15.2. The highest BCUT2D eigenvalue weighted by Gasteiger charge is 2.15. The lowest BCUT2D eigenvalue weighted by molar-refractivity contribution is 0.579. The van der Waals surface area contributed by atoms with Crippen molar-refractivity contribution in [3.63, 3.8) is 0 Å². The van der Waals surface area contributed by atoms with Crippen molar-refractivity contribution < 1.29 is 4.39 Å². The Morgan fingerprint density at radius 1 is 1.20 bits per heavy atom. The van der Waals surface area contributed by atoms with Gasteiger partial charge >= 0.3 is 0 Å². The Morgan fingerprint density at radius 2 is 1.95 bits per heavy atom. The van der Waals surface area contributed by atoms with Crippen molar-refractivity contribution in [2.24, 2.45) is 0 Å². The van der Waals surface area contributed by atoms with E-state index in [0.717, 1.165) is 22.0 Å². The average molecular weight is 336 g/mol. The fourth-order valence-electron chi connectivity index (χ4n) is 2.45. The van der Waals surface area contributed by atoms with Crippen LogP contribution in [-0.2, 0) is 6.42 Å². The maximum Gasteiger partial charge on any atom is 0.123 e. The first-order valence-corrected chi connectivity index (χ1v) is 7.49. The van der Waals surface area contributed by atoms with E-state index in [-0.39, 0.29) is 11.9 Å². The van der Waals surface area contributed by atoms with Crippen LogP contribution in [0.5, 0.6) is 0 Å². The molecule has 2 aromatic carbocycles. The summed E-state index contributed by atoms with van der Waals surface area (Å²) in [6, 6.07) is 11.4. The van der Waals surface area contributed by atoms with Crippen molar-refractivity contribution in [1.82, 2.24) is 5.32 Å². The van der Waals surface area contributed by atoms with E-state index in [1.165, 1.54) is 17.2 Å². The zero-order valence-corrected chi connectivity index (χ0v) is 13.6. The second kappa shape index (κ2) is 6.51. The summed E-state index contributed by atoms with van der Waals surface area (Å²) in [7, 11) is 1.94. The molecule has 0 radical (unpaired) electrons. The monoisotopic (exact) mass is 335 g/mol. The Labute approximate surface area is 128 Å². The van der Waals surface area contributed by atoms with E-state index in [2.05, 4.69) is 34.2 Å². The third kappa shape index (κ3) is 3.28. The second-order valence-electron chi connectivity index (χ2n) is 5.07. The van der Waals surface area contributed by atoms with Crippen LogP contribution in [0, 0.1) is 19.7 Å². The number of halogens is 2. The fraction of sp³-hybridized carbons (Fsp3) is 0.294. The lowest BCUT2D eigenvalue weighted by Gasteiger charge is -2.20. The van der Waals surface area contributed by atoms with Crippen LogP contribution in [0.15, 0.2) is 40.9 Å². The number of likely N-dealkylation sites (N-methyl/N-ethyl adjacent to an activating group) is 1. The first-order chi connectivity index (χ1) is 9.52. The zero-order chi connectivity index (χ0) is 14.7. The smallest absolute Gasteiger partial charge is 0.123 e. The molecule has 0 spiro atoms. The van der Waals surface area contributed by atoms with Gasteiger partial charge in [-0.1, -0.05) is 34.1 Å². The van der Waals surface area contributed by atoms with Gasteiger partial charge in [-0.25, -0.2) is 4.39 Å². The fourth-order valence-corrected chi connectivity index (χ4v) is 2.83. The van der Waals surface area contributed by atoms with Crippen LogP contribution in [0.1, 0.15) is 28.3 Å². The molecular formula is C17H19BrFN. The van der Waals surface area contributed by atoms with Crippen molar-refractivity contribution in [3.05, 3.63) is 68.9 Å². The maximum atomic E-state index is 13.4. The number of aryl methyl sites for hydroxylation is 1.